The lowest BCUT2D eigenvalue weighted by molar-refractivity contribution is 0.277. The van der Waals surface area contributed by atoms with Crippen LogP contribution in [-0.2, 0) is 6.54 Å². The lowest BCUT2D eigenvalue weighted by Gasteiger charge is -2.20. The molecule has 4 N–H and O–H groups in total. The highest BCUT2D eigenvalue weighted by Crippen LogP contribution is 2.25. The van der Waals surface area contributed by atoms with E-state index in [1.807, 2.05) is 0 Å². The highest BCUT2D eigenvalue weighted by Gasteiger charge is 2.26. The van der Waals surface area contributed by atoms with Crippen molar-refractivity contribution in [3.05, 3.63) is 35.1 Å². The van der Waals surface area contributed by atoms with Gasteiger partial charge in [-0.05, 0) is 37.1 Å². The average Bonchev–Trinajstić information content (AvgIpc) is 3.32. The van der Waals surface area contributed by atoms with Crippen molar-refractivity contribution in [1.29, 1.82) is 0 Å². The van der Waals surface area contributed by atoms with Crippen LogP contribution < -0.4 is 11.1 Å². The fraction of sp³-hybridized carbons (Fsp3) is 0.533. The number of benzene rings is 1. The average molecular weight is 294 g/mol. The van der Waals surface area contributed by atoms with Gasteiger partial charge in [-0.15, -0.1) is 0 Å². The molecule has 6 heteroatoms. The predicted octanol–water partition coefficient (Wildman–Crippen LogP) is 1.49. The number of nitrogens with one attached hydrogen (secondary N) is 1. The third-order valence-corrected chi connectivity index (χ3v) is 3.82. The summed E-state index contributed by atoms with van der Waals surface area (Å²) in [4.78, 5) is 2.46. The highest BCUT2D eigenvalue weighted by atomic mass is 19.1. The molecule has 0 spiro atoms. The Kier molecular flexibility index (Phi) is 5.52. The lowest BCUT2D eigenvalue weighted by atomic mass is 10.1. The van der Waals surface area contributed by atoms with Crippen molar-refractivity contribution >= 4 is 5.84 Å². The predicted molar refractivity (Wildman–Crippen MR) is 80.9 cm³/mol. The highest BCUT2D eigenvalue weighted by molar-refractivity contribution is 5.98. The molecule has 0 saturated heterocycles. The number of nitrogens with zero attached hydrogens (tertiary/aromatic N) is 2. The summed E-state index contributed by atoms with van der Waals surface area (Å²) in [6.45, 7) is 5.67. The summed E-state index contributed by atoms with van der Waals surface area (Å²) in [6, 6.07) is 5.09. The fourth-order valence-corrected chi connectivity index (χ4v) is 2.48. The Labute approximate surface area is 124 Å². The Morgan fingerprint density at radius 2 is 2.29 bits per heavy atom. The number of hydrogen-bond acceptors (Lipinski definition) is 4. The fourth-order valence-electron chi connectivity index (χ4n) is 2.48. The maximum absolute atomic E-state index is 13.3. The van der Waals surface area contributed by atoms with Crippen molar-refractivity contribution in [2.24, 2.45) is 10.9 Å². The van der Waals surface area contributed by atoms with Crippen molar-refractivity contribution in [1.82, 2.24) is 10.2 Å². The van der Waals surface area contributed by atoms with Crippen LogP contribution in [0, 0.1) is 5.82 Å². The van der Waals surface area contributed by atoms with E-state index in [1.54, 1.807) is 6.07 Å². The third-order valence-electron chi connectivity index (χ3n) is 3.82. The molecule has 1 aliphatic carbocycles. The van der Waals surface area contributed by atoms with Gasteiger partial charge in [0, 0.05) is 31.2 Å². The number of rotatable bonds is 8. The largest absolute Gasteiger partial charge is 0.409 e. The van der Waals surface area contributed by atoms with Crippen molar-refractivity contribution in [2.75, 3.05) is 19.6 Å². The van der Waals surface area contributed by atoms with Gasteiger partial charge in [-0.1, -0.05) is 18.1 Å². The van der Waals surface area contributed by atoms with E-state index in [4.69, 9.17) is 10.9 Å². The van der Waals surface area contributed by atoms with Crippen LogP contribution in [0.15, 0.2) is 23.4 Å². The normalized spacial score (nSPS) is 15.7. The second kappa shape index (κ2) is 7.38. The molecular formula is C15H23FN4O. The topological polar surface area (TPSA) is 73.9 Å². The molecule has 116 valence electrons. The van der Waals surface area contributed by atoms with E-state index in [0.29, 0.717) is 12.1 Å². The molecule has 21 heavy (non-hydrogen) atoms. The molecular weight excluding hydrogens is 271 g/mol. The van der Waals surface area contributed by atoms with Gasteiger partial charge in [-0.3, -0.25) is 4.90 Å². The minimum Gasteiger partial charge on any atom is -0.409 e. The molecule has 0 atom stereocenters. The van der Waals surface area contributed by atoms with Crippen LogP contribution in [-0.4, -0.2) is 41.6 Å². The van der Waals surface area contributed by atoms with Crippen molar-refractivity contribution < 1.29 is 9.60 Å². The van der Waals surface area contributed by atoms with Gasteiger partial charge in [-0.25, -0.2) is 4.39 Å². The van der Waals surface area contributed by atoms with E-state index >= 15 is 0 Å². The van der Waals surface area contributed by atoms with E-state index in [2.05, 4.69) is 22.3 Å². The van der Waals surface area contributed by atoms with Crippen LogP contribution in [0.5, 0.6) is 0 Å². The number of nitrogens with two attached hydrogens (primary N) is 1. The van der Waals surface area contributed by atoms with E-state index in [1.165, 1.54) is 25.0 Å². The molecule has 5 nitrogen and oxygen atoms in total. The van der Waals surface area contributed by atoms with Crippen LogP contribution in [0.3, 0.4) is 0 Å². The molecule has 0 bridgehead atoms. The maximum Gasteiger partial charge on any atom is 0.170 e. The van der Waals surface area contributed by atoms with Crippen LogP contribution in [0.1, 0.15) is 30.9 Å². The molecule has 1 saturated carbocycles. The lowest BCUT2D eigenvalue weighted by Crippen LogP contribution is -2.33. The quantitative estimate of drug-likeness (QED) is 0.223. The first kappa shape index (κ1) is 15.7. The maximum atomic E-state index is 13.3. The summed E-state index contributed by atoms with van der Waals surface area (Å²) in [5.74, 6) is -0.467. The second-order valence-electron chi connectivity index (χ2n) is 5.32. The standard InChI is InChI=1S/C15H23FN4O/c1-2-20(13-5-6-13)8-7-18-10-11-3-4-12(16)9-14(11)15(17)19-21/h3-4,9,13,18,21H,2,5-8,10H2,1H3,(H2,17,19). The molecule has 1 aliphatic rings. The summed E-state index contributed by atoms with van der Waals surface area (Å²) >= 11 is 0. The van der Waals surface area contributed by atoms with Gasteiger partial charge in [0.25, 0.3) is 0 Å². The minimum atomic E-state index is -0.397. The Morgan fingerprint density at radius 3 is 2.90 bits per heavy atom. The molecule has 1 aromatic carbocycles. The molecule has 0 amide bonds. The minimum absolute atomic E-state index is 0.0699. The molecule has 0 heterocycles. The van der Waals surface area contributed by atoms with Crippen LogP contribution in [0.2, 0.25) is 0 Å². The summed E-state index contributed by atoms with van der Waals surface area (Å²) in [7, 11) is 0. The molecule has 1 aromatic rings. The molecule has 0 unspecified atom stereocenters. The summed E-state index contributed by atoms with van der Waals surface area (Å²) in [5, 5.41) is 15.0. The van der Waals surface area contributed by atoms with Gasteiger partial charge >= 0.3 is 0 Å². The van der Waals surface area contributed by atoms with E-state index in [0.717, 1.165) is 31.2 Å². The van der Waals surface area contributed by atoms with Gasteiger partial charge < -0.3 is 16.3 Å². The molecule has 0 aromatic heterocycles. The molecule has 0 radical (unpaired) electrons. The van der Waals surface area contributed by atoms with E-state index in [-0.39, 0.29) is 5.84 Å². The Bertz CT molecular complexity index is 502. The summed E-state index contributed by atoms with van der Waals surface area (Å²) in [5.41, 5.74) is 6.83. The Morgan fingerprint density at radius 1 is 1.52 bits per heavy atom. The number of likely N-dealkylation sites (N-methyl/N-ethyl adjacent to an activating group) is 1. The van der Waals surface area contributed by atoms with Gasteiger partial charge in [0.05, 0.1) is 0 Å². The van der Waals surface area contributed by atoms with Crippen molar-refractivity contribution in [2.45, 2.75) is 32.4 Å². The monoisotopic (exact) mass is 294 g/mol. The first-order valence-corrected chi connectivity index (χ1v) is 7.36. The zero-order chi connectivity index (χ0) is 15.2. The zero-order valence-corrected chi connectivity index (χ0v) is 12.3. The number of oxime groups is 1. The smallest absolute Gasteiger partial charge is 0.170 e. The summed E-state index contributed by atoms with van der Waals surface area (Å²) < 4.78 is 13.3. The van der Waals surface area contributed by atoms with Crippen LogP contribution in [0.4, 0.5) is 4.39 Å². The summed E-state index contributed by atoms with van der Waals surface area (Å²) in [6.07, 6.45) is 2.61. The van der Waals surface area contributed by atoms with E-state index in [9.17, 15) is 4.39 Å². The number of amidine groups is 1. The van der Waals surface area contributed by atoms with Gasteiger partial charge in [0.15, 0.2) is 5.84 Å². The Hall–Kier alpha value is -1.66. The first-order valence-electron chi connectivity index (χ1n) is 7.36. The first-order chi connectivity index (χ1) is 10.2. The second-order valence-corrected chi connectivity index (χ2v) is 5.32. The van der Waals surface area contributed by atoms with Crippen molar-refractivity contribution in [3.8, 4) is 0 Å². The van der Waals surface area contributed by atoms with Gasteiger partial charge in [0.1, 0.15) is 5.82 Å². The van der Waals surface area contributed by atoms with Crippen molar-refractivity contribution in [3.63, 3.8) is 0 Å². The number of halogens is 1. The zero-order valence-electron chi connectivity index (χ0n) is 12.3. The third kappa shape index (κ3) is 4.41. The SMILES string of the molecule is CCN(CCNCc1ccc(F)cc1/C(N)=N/O)C1CC1. The van der Waals surface area contributed by atoms with Crippen LogP contribution in [0.25, 0.3) is 0 Å². The van der Waals surface area contributed by atoms with Gasteiger partial charge in [-0.2, -0.15) is 0 Å². The van der Waals surface area contributed by atoms with Crippen LogP contribution >= 0.6 is 0 Å². The number of hydrogen-bond donors (Lipinski definition) is 3. The van der Waals surface area contributed by atoms with E-state index < -0.39 is 5.82 Å². The molecule has 1 fully saturated rings. The molecule has 0 aliphatic heterocycles. The van der Waals surface area contributed by atoms with Gasteiger partial charge in [0.2, 0.25) is 0 Å². The Balaban J connectivity index is 1.87. The molecule has 2 rings (SSSR count).